The molecule has 0 aliphatic carbocycles. The summed E-state index contributed by atoms with van der Waals surface area (Å²) in [6.45, 7) is 14.1. The van der Waals surface area contributed by atoms with Gasteiger partial charge in [0.05, 0.1) is 11.6 Å². The van der Waals surface area contributed by atoms with Crippen molar-refractivity contribution < 1.29 is 14.7 Å². The maximum absolute atomic E-state index is 13.3. The van der Waals surface area contributed by atoms with Crippen molar-refractivity contribution >= 4 is 17.4 Å². The van der Waals surface area contributed by atoms with Crippen molar-refractivity contribution in [1.82, 2.24) is 9.80 Å². The Kier molecular flexibility index (Phi) is 10.5. The quantitative estimate of drug-likeness (QED) is 0.184. The van der Waals surface area contributed by atoms with Gasteiger partial charge in [0.25, 0.3) is 11.7 Å². The summed E-state index contributed by atoms with van der Waals surface area (Å²) in [5.74, 6) is -0.860. The first kappa shape index (κ1) is 28.6. The molecule has 1 unspecified atom stereocenters. The van der Waals surface area contributed by atoms with Crippen LogP contribution in [-0.4, -0.2) is 52.8 Å². The first-order valence-electron chi connectivity index (χ1n) is 14.0. The van der Waals surface area contributed by atoms with Crippen LogP contribution in [0.15, 0.2) is 54.1 Å². The minimum absolute atomic E-state index is 0.105. The van der Waals surface area contributed by atoms with E-state index in [0.717, 1.165) is 62.9 Å². The van der Waals surface area contributed by atoms with Gasteiger partial charge >= 0.3 is 0 Å². The number of carbonyl (C=O) groups is 2. The van der Waals surface area contributed by atoms with E-state index < -0.39 is 17.7 Å². The highest BCUT2D eigenvalue weighted by molar-refractivity contribution is 6.46. The standard InChI is InChI=1S/C32H44N2O3/c1-6-8-19-33(20-9-7-2)21-10-22-34-29(26-17-15-25(16-18-26)23(3)4)28(31(36)32(34)37)30(35)27-13-11-24(5)12-14-27/h11-18,23,29,35H,6-10,19-22H2,1-5H3/b30-28+. The number of carbonyl (C=O) groups excluding carboxylic acids is 2. The van der Waals surface area contributed by atoms with Crippen LogP contribution in [0.3, 0.4) is 0 Å². The Hall–Kier alpha value is -2.92. The second-order valence-electron chi connectivity index (χ2n) is 10.6. The van der Waals surface area contributed by atoms with Crippen molar-refractivity contribution in [2.24, 2.45) is 0 Å². The highest BCUT2D eigenvalue weighted by Gasteiger charge is 2.45. The van der Waals surface area contributed by atoms with Gasteiger partial charge in [-0.2, -0.15) is 0 Å². The highest BCUT2D eigenvalue weighted by atomic mass is 16.3. The molecule has 2 aromatic rings. The lowest BCUT2D eigenvalue weighted by Crippen LogP contribution is -2.34. The monoisotopic (exact) mass is 504 g/mol. The van der Waals surface area contributed by atoms with Crippen molar-refractivity contribution in [3.63, 3.8) is 0 Å². The van der Waals surface area contributed by atoms with E-state index in [2.05, 4.69) is 44.7 Å². The van der Waals surface area contributed by atoms with E-state index in [1.165, 1.54) is 5.56 Å². The van der Waals surface area contributed by atoms with Crippen molar-refractivity contribution in [1.29, 1.82) is 0 Å². The molecule has 0 spiro atoms. The van der Waals surface area contributed by atoms with Gasteiger partial charge in [0.1, 0.15) is 5.76 Å². The molecular weight excluding hydrogens is 460 g/mol. The number of aryl methyl sites for hydroxylation is 1. The molecule has 0 saturated carbocycles. The maximum Gasteiger partial charge on any atom is 0.295 e. The van der Waals surface area contributed by atoms with E-state index in [9.17, 15) is 14.7 Å². The average molecular weight is 505 g/mol. The number of nitrogens with zero attached hydrogens (tertiary/aromatic N) is 2. The molecule has 1 aliphatic rings. The summed E-state index contributed by atoms with van der Waals surface area (Å²) in [7, 11) is 0. The van der Waals surface area contributed by atoms with Gasteiger partial charge < -0.3 is 14.9 Å². The molecule has 37 heavy (non-hydrogen) atoms. The van der Waals surface area contributed by atoms with Crippen LogP contribution in [0.25, 0.3) is 5.76 Å². The molecule has 1 atom stereocenters. The van der Waals surface area contributed by atoms with Gasteiger partial charge in [-0.1, -0.05) is 94.6 Å². The van der Waals surface area contributed by atoms with E-state index in [1.807, 2.05) is 31.2 Å². The van der Waals surface area contributed by atoms with E-state index >= 15 is 0 Å². The second-order valence-corrected chi connectivity index (χ2v) is 10.6. The van der Waals surface area contributed by atoms with Crippen molar-refractivity contribution in [3.05, 3.63) is 76.4 Å². The van der Waals surface area contributed by atoms with Crippen LogP contribution in [0.2, 0.25) is 0 Å². The number of ketones is 1. The Morgan fingerprint density at radius 3 is 2.00 bits per heavy atom. The SMILES string of the molecule is CCCCN(CCCC)CCCN1C(=O)C(=O)/C(=C(/O)c2ccc(C)cc2)C1c1ccc(C(C)C)cc1. The van der Waals surface area contributed by atoms with E-state index in [1.54, 1.807) is 17.0 Å². The third-order valence-electron chi connectivity index (χ3n) is 7.31. The highest BCUT2D eigenvalue weighted by Crippen LogP contribution is 2.39. The lowest BCUT2D eigenvalue weighted by molar-refractivity contribution is -0.140. The zero-order valence-electron chi connectivity index (χ0n) is 23.3. The molecule has 0 aromatic heterocycles. The topological polar surface area (TPSA) is 60.9 Å². The van der Waals surface area contributed by atoms with Gasteiger partial charge in [0.15, 0.2) is 0 Å². The smallest absolute Gasteiger partial charge is 0.295 e. The van der Waals surface area contributed by atoms with Gasteiger partial charge in [-0.05, 0) is 62.9 Å². The normalized spacial score (nSPS) is 17.4. The third-order valence-corrected chi connectivity index (χ3v) is 7.31. The number of unbranched alkanes of at least 4 members (excludes halogenated alkanes) is 2. The summed E-state index contributed by atoms with van der Waals surface area (Å²) in [5.41, 5.74) is 3.85. The zero-order valence-corrected chi connectivity index (χ0v) is 23.3. The Morgan fingerprint density at radius 2 is 1.46 bits per heavy atom. The number of likely N-dealkylation sites (tertiary alicyclic amines) is 1. The minimum Gasteiger partial charge on any atom is -0.507 e. The molecular formula is C32H44N2O3. The molecule has 1 saturated heterocycles. The maximum atomic E-state index is 13.3. The fourth-order valence-corrected chi connectivity index (χ4v) is 4.95. The van der Waals surface area contributed by atoms with Crippen LogP contribution in [-0.2, 0) is 9.59 Å². The van der Waals surface area contributed by atoms with Crippen molar-refractivity contribution in [3.8, 4) is 0 Å². The van der Waals surface area contributed by atoms with Gasteiger partial charge in [0, 0.05) is 12.1 Å². The first-order chi connectivity index (χ1) is 17.8. The predicted octanol–water partition coefficient (Wildman–Crippen LogP) is 6.83. The number of aliphatic hydroxyl groups excluding tert-OH is 1. The molecule has 1 fully saturated rings. The molecule has 5 heteroatoms. The first-order valence-corrected chi connectivity index (χ1v) is 14.0. The van der Waals surface area contributed by atoms with Crippen LogP contribution < -0.4 is 0 Å². The molecule has 5 nitrogen and oxygen atoms in total. The Morgan fingerprint density at radius 1 is 0.892 bits per heavy atom. The minimum atomic E-state index is -0.607. The van der Waals surface area contributed by atoms with Gasteiger partial charge in [0.2, 0.25) is 0 Å². The number of Topliss-reactive ketones (excluding diaryl/α,β-unsaturated/α-hetero) is 1. The van der Waals surface area contributed by atoms with E-state index in [4.69, 9.17) is 0 Å². The summed E-state index contributed by atoms with van der Waals surface area (Å²) >= 11 is 0. The lowest BCUT2D eigenvalue weighted by Gasteiger charge is -2.27. The second kappa shape index (κ2) is 13.6. The van der Waals surface area contributed by atoms with E-state index in [-0.39, 0.29) is 11.3 Å². The van der Waals surface area contributed by atoms with E-state index in [0.29, 0.717) is 18.0 Å². The van der Waals surface area contributed by atoms with Gasteiger partial charge in [-0.3, -0.25) is 9.59 Å². The lowest BCUT2D eigenvalue weighted by atomic mass is 9.93. The van der Waals surface area contributed by atoms with Gasteiger partial charge in [-0.15, -0.1) is 0 Å². The summed E-state index contributed by atoms with van der Waals surface area (Å²) in [4.78, 5) is 30.8. The molecule has 0 radical (unpaired) electrons. The van der Waals surface area contributed by atoms with Crippen molar-refractivity contribution in [2.45, 2.75) is 78.7 Å². The zero-order chi connectivity index (χ0) is 26.9. The summed E-state index contributed by atoms with van der Waals surface area (Å²) in [6, 6.07) is 14.9. The Balaban J connectivity index is 1.93. The van der Waals surface area contributed by atoms with Gasteiger partial charge in [-0.25, -0.2) is 0 Å². The molecule has 1 aliphatic heterocycles. The number of benzene rings is 2. The van der Waals surface area contributed by atoms with Crippen LogP contribution in [0.1, 0.15) is 94.0 Å². The van der Waals surface area contributed by atoms with Crippen LogP contribution in [0.4, 0.5) is 0 Å². The number of aliphatic hydroxyl groups is 1. The van der Waals surface area contributed by atoms with Crippen LogP contribution in [0.5, 0.6) is 0 Å². The van der Waals surface area contributed by atoms with Crippen molar-refractivity contribution in [2.75, 3.05) is 26.2 Å². The number of rotatable bonds is 13. The number of hydrogen-bond acceptors (Lipinski definition) is 4. The molecule has 200 valence electrons. The third kappa shape index (κ3) is 7.10. The molecule has 3 rings (SSSR count). The molecule has 1 N–H and O–H groups in total. The predicted molar refractivity (Wildman–Crippen MR) is 152 cm³/mol. The summed E-state index contributed by atoms with van der Waals surface area (Å²) in [5, 5.41) is 11.3. The van der Waals surface area contributed by atoms with Crippen LogP contribution in [0, 0.1) is 6.92 Å². The fourth-order valence-electron chi connectivity index (χ4n) is 4.95. The fraction of sp³-hybridized carbons (Fsp3) is 0.500. The Labute approximate surface area is 223 Å². The molecule has 1 heterocycles. The molecule has 2 aromatic carbocycles. The number of amides is 1. The largest absolute Gasteiger partial charge is 0.507 e. The molecule has 1 amide bonds. The number of hydrogen-bond donors (Lipinski definition) is 1. The summed E-state index contributed by atoms with van der Waals surface area (Å²) < 4.78 is 0. The molecule has 0 bridgehead atoms. The Bertz CT molecular complexity index is 1060. The summed E-state index contributed by atoms with van der Waals surface area (Å²) in [6.07, 6.45) is 5.41. The average Bonchev–Trinajstić information content (AvgIpc) is 3.15. The van der Waals surface area contributed by atoms with Crippen LogP contribution >= 0.6 is 0 Å².